The molecule has 1 heterocycles. The molecule has 0 bridgehead atoms. The van der Waals surface area contributed by atoms with Crippen molar-refractivity contribution in [2.24, 2.45) is 0 Å². The molecule has 0 aliphatic carbocycles. The van der Waals surface area contributed by atoms with E-state index in [9.17, 15) is 9.18 Å². The third kappa shape index (κ3) is 3.54. The number of nitrogens with zero attached hydrogens (tertiary/aromatic N) is 1. The van der Waals surface area contributed by atoms with E-state index in [1.165, 1.54) is 18.2 Å². The topological polar surface area (TPSA) is 54.0 Å². The Kier molecular flexibility index (Phi) is 4.68. The molecule has 0 spiro atoms. The zero-order valence-corrected chi connectivity index (χ0v) is 12.4. The summed E-state index contributed by atoms with van der Waals surface area (Å²) in [6.45, 7) is 2.71. The maximum Gasteiger partial charge on any atom is 0.274 e. The van der Waals surface area contributed by atoms with Crippen molar-refractivity contribution in [1.82, 2.24) is 4.98 Å². The quantitative estimate of drug-likeness (QED) is 0.894. The van der Waals surface area contributed by atoms with E-state index in [4.69, 9.17) is 0 Å². The van der Waals surface area contributed by atoms with Crippen LogP contribution in [0, 0.1) is 5.82 Å². The van der Waals surface area contributed by atoms with Crippen LogP contribution in [-0.2, 0) is 0 Å². The summed E-state index contributed by atoms with van der Waals surface area (Å²) in [6.07, 6.45) is 1.55. The zero-order chi connectivity index (χ0) is 14.5. The van der Waals surface area contributed by atoms with Crippen LogP contribution in [0.2, 0.25) is 0 Å². The number of anilines is 2. The molecule has 1 aromatic heterocycles. The minimum atomic E-state index is -0.419. The molecule has 0 atom stereocenters. The number of hydrogen-bond donors (Lipinski definition) is 2. The Labute approximate surface area is 124 Å². The molecule has 0 saturated heterocycles. The molecule has 20 heavy (non-hydrogen) atoms. The second-order valence-electron chi connectivity index (χ2n) is 4.04. The van der Waals surface area contributed by atoms with Gasteiger partial charge in [-0.25, -0.2) is 4.39 Å². The number of carbonyl (C=O) groups is 1. The normalized spacial score (nSPS) is 10.2. The predicted molar refractivity (Wildman–Crippen MR) is 80.5 cm³/mol. The standard InChI is InChI=1S/C14H13BrFN3O/c1-2-17-10-5-6-18-13(8-10)14(20)19-12-7-9(16)3-4-11(12)15/h3-8H,2H2,1H3,(H,17,18)(H,19,20). The first-order valence-corrected chi connectivity index (χ1v) is 6.85. The van der Waals surface area contributed by atoms with Crippen LogP contribution in [0.15, 0.2) is 41.0 Å². The highest BCUT2D eigenvalue weighted by Gasteiger charge is 2.11. The minimum absolute atomic E-state index is 0.264. The van der Waals surface area contributed by atoms with Gasteiger partial charge in [-0.05, 0) is 53.2 Å². The molecule has 0 aliphatic rings. The number of nitrogens with one attached hydrogen (secondary N) is 2. The molecule has 4 nitrogen and oxygen atoms in total. The third-order valence-electron chi connectivity index (χ3n) is 2.55. The van der Waals surface area contributed by atoms with Crippen LogP contribution in [0.4, 0.5) is 15.8 Å². The van der Waals surface area contributed by atoms with Gasteiger partial charge in [0, 0.05) is 22.9 Å². The number of carbonyl (C=O) groups excluding carboxylic acids is 1. The van der Waals surface area contributed by atoms with E-state index >= 15 is 0 Å². The van der Waals surface area contributed by atoms with Crippen LogP contribution in [0.25, 0.3) is 0 Å². The lowest BCUT2D eigenvalue weighted by molar-refractivity contribution is 0.102. The average molecular weight is 338 g/mol. The number of halogens is 2. The lowest BCUT2D eigenvalue weighted by atomic mass is 10.2. The Morgan fingerprint density at radius 2 is 2.15 bits per heavy atom. The van der Waals surface area contributed by atoms with E-state index in [1.807, 2.05) is 6.92 Å². The summed E-state index contributed by atoms with van der Waals surface area (Å²) in [5, 5.41) is 5.72. The molecular weight excluding hydrogens is 325 g/mol. The summed E-state index contributed by atoms with van der Waals surface area (Å²) in [7, 11) is 0. The Bertz CT molecular complexity index is 634. The number of rotatable bonds is 4. The van der Waals surface area contributed by atoms with Gasteiger partial charge in [-0.3, -0.25) is 9.78 Å². The van der Waals surface area contributed by atoms with Crippen LogP contribution in [0.3, 0.4) is 0 Å². The molecular formula is C14H13BrFN3O. The van der Waals surface area contributed by atoms with E-state index < -0.39 is 11.7 Å². The lowest BCUT2D eigenvalue weighted by Gasteiger charge is -2.08. The average Bonchev–Trinajstić information content (AvgIpc) is 2.43. The van der Waals surface area contributed by atoms with Crippen LogP contribution < -0.4 is 10.6 Å². The highest BCUT2D eigenvalue weighted by molar-refractivity contribution is 9.10. The largest absolute Gasteiger partial charge is 0.385 e. The second-order valence-corrected chi connectivity index (χ2v) is 4.89. The Hall–Kier alpha value is -1.95. The molecule has 0 unspecified atom stereocenters. The van der Waals surface area contributed by atoms with Crippen molar-refractivity contribution in [3.05, 3.63) is 52.5 Å². The lowest BCUT2D eigenvalue weighted by Crippen LogP contribution is -2.14. The van der Waals surface area contributed by atoms with Crippen molar-refractivity contribution in [2.45, 2.75) is 6.92 Å². The first kappa shape index (κ1) is 14.5. The number of benzene rings is 1. The summed E-state index contributed by atoms with van der Waals surface area (Å²) in [4.78, 5) is 16.1. The van der Waals surface area contributed by atoms with Crippen molar-refractivity contribution in [3.8, 4) is 0 Å². The summed E-state index contributed by atoms with van der Waals surface area (Å²) >= 11 is 3.26. The van der Waals surface area contributed by atoms with Gasteiger partial charge < -0.3 is 10.6 Å². The van der Waals surface area contributed by atoms with Gasteiger partial charge in [0.1, 0.15) is 11.5 Å². The van der Waals surface area contributed by atoms with Crippen LogP contribution in [0.5, 0.6) is 0 Å². The number of pyridine rings is 1. The van der Waals surface area contributed by atoms with Gasteiger partial charge in [0.25, 0.3) is 5.91 Å². The minimum Gasteiger partial charge on any atom is -0.385 e. The van der Waals surface area contributed by atoms with Crippen molar-refractivity contribution >= 4 is 33.2 Å². The van der Waals surface area contributed by atoms with Crippen LogP contribution in [-0.4, -0.2) is 17.4 Å². The van der Waals surface area contributed by atoms with Crippen LogP contribution in [0.1, 0.15) is 17.4 Å². The first-order valence-electron chi connectivity index (χ1n) is 6.06. The molecule has 6 heteroatoms. The van der Waals surface area contributed by atoms with Crippen LogP contribution >= 0.6 is 15.9 Å². The second kappa shape index (κ2) is 6.47. The molecule has 2 N–H and O–H groups in total. The third-order valence-corrected chi connectivity index (χ3v) is 3.24. The number of amides is 1. The van der Waals surface area contributed by atoms with Gasteiger partial charge in [0.2, 0.25) is 0 Å². The Balaban J connectivity index is 2.19. The van der Waals surface area contributed by atoms with E-state index in [0.717, 1.165) is 12.2 Å². The SMILES string of the molecule is CCNc1ccnc(C(=O)Nc2cc(F)ccc2Br)c1. The van der Waals surface area contributed by atoms with E-state index in [-0.39, 0.29) is 5.69 Å². The predicted octanol–water partition coefficient (Wildman–Crippen LogP) is 3.67. The van der Waals surface area contributed by atoms with Crippen molar-refractivity contribution in [2.75, 3.05) is 17.2 Å². The smallest absolute Gasteiger partial charge is 0.274 e. The maximum atomic E-state index is 13.2. The van der Waals surface area contributed by atoms with Gasteiger partial charge in [0.15, 0.2) is 0 Å². The zero-order valence-electron chi connectivity index (χ0n) is 10.8. The molecule has 0 fully saturated rings. The highest BCUT2D eigenvalue weighted by atomic mass is 79.9. The van der Waals surface area contributed by atoms with E-state index in [1.54, 1.807) is 18.3 Å². The monoisotopic (exact) mass is 337 g/mol. The molecule has 1 amide bonds. The highest BCUT2D eigenvalue weighted by Crippen LogP contribution is 2.23. The molecule has 2 aromatic rings. The fourth-order valence-electron chi connectivity index (χ4n) is 1.65. The van der Waals surface area contributed by atoms with Gasteiger partial charge >= 0.3 is 0 Å². The molecule has 2 rings (SSSR count). The van der Waals surface area contributed by atoms with E-state index in [2.05, 4.69) is 31.5 Å². The fourth-order valence-corrected chi connectivity index (χ4v) is 1.99. The molecule has 0 saturated carbocycles. The molecule has 0 radical (unpaired) electrons. The summed E-state index contributed by atoms with van der Waals surface area (Å²) in [6, 6.07) is 7.51. The number of hydrogen-bond acceptors (Lipinski definition) is 3. The summed E-state index contributed by atoms with van der Waals surface area (Å²) < 4.78 is 13.8. The molecule has 104 valence electrons. The van der Waals surface area contributed by atoms with Crippen molar-refractivity contribution in [1.29, 1.82) is 0 Å². The maximum absolute atomic E-state index is 13.2. The summed E-state index contributed by atoms with van der Waals surface area (Å²) in [5.74, 6) is -0.811. The summed E-state index contributed by atoms with van der Waals surface area (Å²) in [5.41, 5.74) is 1.44. The number of aromatic nitrogens is 1. The van der Waals surface area contributed by atoms with Gasteiger partial charge in [0.05, 0.1) is 5.69 Å². The first-order chi connectivity index (χ1) is 9.60. The van der Waals surface area contributed by atoms with Gasteiger partial charge in [-0.2, -0.15) is 0 Å². The Morgan fingerprint density at radius 1 is 1.35 bits per heavy atom. The van der Waals surface area contributed by atoms with Gasteiger partial charge in [-0.15, -0.1) is 0 Å². The fraction of sp³-hybridized carbons (Fsp3) is 0.143. The van der Waals surface area contributed by atoms with Crippen molar-refractivity contribution in [3.63, 3.8) is 0 Å². The van der Waals surface area contributed by atoms with E-state index in [0.29, 0.717) is 10.2 Å². The Morgan fingerprint density at radius 3 is 2.90 bits per heavy atom. The molecule has 1 aromatic carbocycles. The molecule has 0 aliphatic heterocycles. The van der Waals surface area contributed by atoms with Gasteiger partial charge in [-0.1, -0.05) is 0 Å². The van der Waals surface area contributed by atoms with Crippen molar-refractivity contribution < 1.29 is 9.18 Å².